The molecule has 1 fully saturated rings. The van der Waals surface area contributed by atoms with E-state index in [1.807, 2.05) is 0 Å². The molecular formula is C18H28ClFN2O3. The molecule has 0 saturated heterocycles. The van der Waals surface area contributed by atoms with Crippen LogP contribution in [0.25, 0.3) is 0 Å². The van der Waals surface area contributed by atoms with Crippen LogP contribution >= 0.6 is 12.4 Å². The van der Waals surface area contributed by atoms with E-state index in [9.17, 15) is 9.18 Å². The normalized spacial score (nSPS) is 20.0. The fourth-order valence-electron chi connectivity index (χ4n) is 3.08. The summed E-state index contributed by atoms with van der Waals surface area (Å²) >= 11 is 0. The minimum Gasteiger partial charge on any atom is -0.382 e. The Morgan fingerprint density at radius 3 is 2.80 bits per heavy atom. The van der Waals surface area contributed by atoms with Gasteiger partial charge in [0.05, 0.1) is 19.8 Å². The predicted molar refractivity (Wildman–Crippen MR) is 97.4 cm³/mol. The number of hydrogen-bond acceptors (Lipinski definition) is 4. The quantitative estimate of drug-likeness (QED) is 0.686. The predicted octanol–water partition coefficient (Wildman–Crippen LogP) is 2.66. The maximum absolute atomic E-state index is 13.9. The molecule has 1 aliphatic rings. The van der Waals surface area contributed by atoms with Crippen LogP contribution in [0.15, 0.2) is 18.2 Å². The Labute approximate surface area is 154 Å². The fourth-order valence-corrected chi connectivity index (χ4v) is 3.08. The highest BCUT2D eigenvalue weighted by Gasteiger charge is 2.25. The summed E-state index contributed by atoms with van der Waals surface area (Å²) in [5, 5.41) is 3.06. The van der Waals surface area contributed by atoms with Crippen molar-refractivity contribution in [1.29, 1.82) is 0 Å². The first-order chi connectivity index (χ1) is 11.7. The third-order valence-corrected chi connectivity index (χ3v) is 4.53. The van der Waals surface area contributed by atoms with E-state index in [1.165, 1.54) is 12.1 Å². The van der Waals surface area contributed by atoms with E-state index in [1.54, 1.807) is 13.2 Å². The molecule has 3 N–H and O–H groups in total. The number of hydrogen-bond donors (Lipinski definition) is 2. The van der Waals surface area contributed by atoms with Crippen molar-refractivity contribution in [3.8, 4) is 0 Å². The number of nitrogens with one attached hydrogen (secondary N) is 1. The van der Waals surface area contributed by atoms with Gasteiger partial charge in [-0.15, -0.1) is 12.4 Å². The first-order valence-corrected chi connectivity index (χ1v) is 8.51. The average Bonchev–Trinajstić information content (AvgIpc) is 2.60. The van der Waals surface area contributed by atoms with Crippen molar-refractivity contribution in [2.24, 2.45) is 11.7 Å². The van der Waals surface area contributed by atoms with Gasteiger partial charge in [-0.05, 0) is 43.5 Å². The zero-order chi connectivity index (χ0) is 17.4. The van der Waals surface area contributed by atoms with Crippen molar-refractivity contribution in [3.05, 3.63) is 35.1 Å². The van der Waals surface area contributed by atoms with E-state index < -0.39 is 0 Å². The summed E-state index contributed by atoms with van der Waals surface area (Å²) in [7, 11) is 1.58. The monoisotopic (exact) mass is 374 g/mol. The average molecular weight is 375 g/mol. The second-order valence-corrected chi connectivity index (χ2v) is 6.21. The van der Waals surface area contributed by atoms with Crippen LogP contribution in [0, 0.1) is 11.7 Å². The zero-order valence-electron chi connectivity index (χ0n) is 14.6. The smallest absolute Gasteiger partial charge is 0.251 e. The maximum atomic E-state index is 13.9. The molecule has 0 heterocycles. The van der Waals surface area contributed by atoms with Crippen LogP contribution in [0.5, 0.6) is 0 Å². The molecule has 5 nitrogen and oxygen atoms in total. The molecule has 2 rings (SSSR count). The topological polar surface area (TPSA) is 73.6 Å². The van der Waals surface area contributed by atoms with Crippen molar-refractivity contribution >= 4 is 18.3 Å². The van der Waals surface area contributed by atoms with Gasteiger partial charge < -0.3 is 20.5 Å². The van der Waals surface area contributed by atoms with Gasteiger partial charge in [-0.1, -0.05) is 12.8 Å². The molecule has 1 aromatic rings. The lowest BCUT2D eigenvalue weighted by molar-refractivity contribution is 0.0603. The Morgan fingerprint density at radius 1 is 1.32 bits per heavy atom. The Balaban J connectivity index is 0.00000312. The van der Waals surface area contributed by atoms with E-state index in [4.69, 9.17) is 15.2 Å². The summed E-state index contributed by atoms with van der Waals surface area (Å²) in [5.74, 6) is -0.236. The number of methoxy groups -OCH3 is 1. The number of carbonyl (C=O) groups excluding carboxylic acids is 1. The molecule has 2 atom stereocenters. The molecule has 1 saturated carbocycles. The molecule has 0 aromatic heterocycles. The third kappa shape index (κ3) is 6.55. The van der Waals surface area contributed by atoms with Crippen LogP contribution in [0.4, 0.5) is 4.39 Å². The maximum Gasteiger partial charge on any atom is 0.251 e. The van der Waals surface area contributed by atoms with Crippen molar-refractivity contribution < 1.29 is 18.7 Å². The van der Waals surface area contributed by atoms with Crippen molar-refractivity contribution in [3.63, 3.8) is 0 Å². The van der Waals surface area contributed by atoms with E-state index >= 15 is 0 Å². The first-order valence-electron chi connectivity index (χ1n) is 8.51. The van der Waals surface area contributed by atoms with E-state index in [0.29, 0.717) is 36.8 Å². The standard InChI is InChI=1S/C18H27FN2O3.ClH/c1-23-8-9-24-12-15-10-13(6-7-16(15)19)18(22)21-17-5-3-2-4-14(17)11-20;/h6-7,10,14,17H,2-5,8-9,11-12,20H2,1H3,(H,21,22);1H. The molecule has 0 aliphatic heterocycles. The summed E-state index contributed by atoms with van der Waals surface area (Å²) in [6.45, 7) is 1.52. The molecule has 1 amide bonds. The highest BCUT2D eigenvalue weighted by molar-refractivity contribution is 5.94. The lowest BCUT2D eigenvalue weighted by Gasteiger charge is -2.31. The Morgan fingerprint density at radius 2 is 2.08 bits per heavy atom. The van der Waals surface area contributed by atoms with Crippen molar-refractivity contribution in [2.75, 3.05) is 26.9 Å². The van der Waals surface area contributed by atoms with Crippen LogP contribution in [-0.4, -0.2) is 38.8 Å². The number of amides is 1. The van der Waals surface area contributed by atoms with E-state index in [2.05, 4.69) is 5.32 Å². The molecule has 0 radical (unpaired) electrons. The Bertz CT molecular complexity index is 545. The summed E-state index contributed by atoms with van der Waals surface area (Å²) in [6.07, 6.45) is 4.25. The van der Waals surface area contributed by atoms with Crippen LogP contribution in [0.3, 0.4) is 0 Å². The first kappa shape index (κ1) is 21.8. The number of ether oxygens (including phenoxy) is 2. The van der Waals surface area contributed by atoms with Crippen LogP contribution in [0.1, 0.15) is 41.6 Å². The summed E-state index contributed by atoms with van der Waals surface area (Å²) in [4.78, 5) is 12.5. The van der Waals surface area contributed by atoms with Crippen LogP contribution in [0.2, 0.25) is 0 Å². The number of nitrogens with two attached hydrogens (primary N) is 1. The minimum atomic E-state index is -0.374. The lowest BCUT2D eigenvalue weighted by atomic mass is 9.84. The van der Waals surface area contributed by atoms with Gasteiger partial charge in [0.2, 0.25) is 0 Å². The van der Waals surface area contributed by atoms with Gasteiger partial charge in [-0.2, -0.15) is 0 Å². The van der Waals surface area contributed by atoms with Gasteiger partial charge in [0.15, 0.2) is 0 Å². The van der Waals surface area contributed by atoms with Gasteiger partial charge in [0, 0.05) is 24.3 Å². The Kier molecular flexibility index (Phi) is 9.97. The second kappa shape index (κ2) is 11.4. The minimum absolute atomic E-state index is 0. The van der Waals surface area contributed by atoms with Gasteiger partial charge >= 0.3 is 0 Å². The summed E-state index contributed by atoms with van der Waals surface area (Å²) in [6, 6.07) is 4.47. The molecular weight excluding hydrogens is 347 g/mol. The molecule has 142 valence electrons. The van der Waals surface area contributed by atoms with Crippen molar-refractivity contribution in [2.45, 2.75) is 38.3 Å². The van der Waals surface area contributed by atoms with Gasteiger partial charge in [-0.25, -0.2) is 4.39 Å². The summed E-state index contributed by atoms with van der Waals surface area (Å²) in [5.41, 5.74) is 6.62. The highest BCUT2D eigenvalue weighted by atomic mass is 35.5. The lowest BCUT2D eigenvalue weighted by Crippen LogP contribution is -2.44. The van der Waals surface area contributed by atoms with Gasteiger partial charge in [-0.3, -0.25) is 4.79 Å². The fraction of sp³-hybridized carbons (Fsp3) is 0.611. The largest absolute Gasteiger partial charge is 0.382 e. The summed E-state index contributed by atoms with van der Waals surface area (Å²) < 4.78 is 24.1. The van der Waals surface area contributed by atoms with Crippen LogP contribution in [-0.2, 0) is 16.1 Å². The highest BCUT2D eigenvalue weighted by Crippen LogP contribution is 2.24. The SMILES string of the molecule is COCCOCc1cc(C(=O)NC2CCCCC2CN)ccc1F.Cl. The molecule has 1 aliphatic carbocycles. The van der Waals surface area contributed by atoms with Crippen LogP contribution < -0.4 is 11.1 Å². The molecule has 0 spiro atoms. The number of rotatable bonds is 8. The number of carbonyl (C=O) groups is 1. The molecule has 7 heteroatoms. The molecule has 2 unspecified atom stereocenters. The van der Waals surface area contributed by atoms with E-state index in [0.717, 1.165) is 25.7 Å². The molecule has 0 bridgehead atoms. The van der Waals surface area contributed by atoms with Gasteiger partial charge in [0.25, 0.3) is 5.91 Å². The Hall–Kier alpha value is -1.21. The second-order valence-electron chi connectivity index (χ2n) is 6.21. The number of halogens is 2. The number of benzene rings is 1. The molecule has 1 aromatic carbocycles. The molecule has 25 heavy (non-hydrogen) atoms. The zero-order valence-corrected chi connectivity index (χ0v) is 15.4. The van der Waals surface area contributed by atoms with E-state index in [-0.39, 0.29) is 36.8 Å². The van der Waals surface area contributed by atoms with Gasteiger partial charge in [0.1, 0.15) is 5.82 Å². The third-order valence-electron chi connectivity index (χ3n) is 4.53. The van der Waals surface area contributed by atoms with Crippen molar-refractivity contribution in [1.82, 2.24) is 5.32 Å².